The van der Waals surface area contributed by atoms with E-state index < -0.39 is 0 Å². The summed E-state index contributed by atoms with van der Waals surface area (Å²) < 4.78 is 7.72. The van der Waals surface area contributed by atoms with Gasteiger partial charge < -0.3 is 9.30 Å². The Morgan fingerprint density at radius 1 is 1.15 bits per heavy atom. The predicted octanol–water partition coefficient (Wildman–Crippen LogP) is 4.92. The second-order valence-electron chi connectivity index (χ2n) is 7.28. The Balaban J connectivity index is 1.72. The van der Waals surface area contributed by atoms with E-state index in [0.29, 0.717) is 6.04 Å². The Kier molecular flexibility index (Phi) is 4.68. The van der Waals surface area contributed by atoms with Gasteiger partial charge in [-0.2, -0.15) is 0 Å². The van der Waals surface area contributed by atoms with Crippen LogP contribution >= 0.6 is 11.6 Å². The lowest BCUT2D eigenvalue weighted by atomic mass is 10.00. The minimum absolute atomic E-state index is 0.547. The average molecular weight is 369 g/mol. The van der Waals surface area contributed by atoms with E-state index in [1.54, 1.807) is 7.11 Å². The zero-order valence-electron chi connectivity index (χ0n) is 15.6. The molecule has 2 heterocycles. The maximum Gasteiger partial charge on any atom is 0.118 e. The second kappa shape index (κ2) is 6.98. The van der Waals surface area contributed by atoms with Gasteiger partial charge in [-0.05, 0) is 49.7 Å². The number of likely N-dealkylation sites (N-methyl/N-ethyl adjacent to an activating group) is 1. The molecule has 0 N–H and O–H groups in total. The van der Waals surface area contributed by atoms with Crippen molar-refractivity contribution in [1.82, 2.24) is 9.47 Å². The number of rotatable bonds is 4. The van der Waals surface area contributed by atoms with Gasteiger partial charge in [-0.15, -0.1) is 0 Å². The molecule has 2 aromatic carbocycles. The highest BCUT2D eigenvalue weighted by atomic mass is 35.5. The summed E-state index contributed by atoms with van der Waals surface area (Å²) in [5.41, 5.74) is 5.40. The van der Waals surface area contributed by atoms with Crippen LogP contribution in [0.2, 0.25) is 5.02 Å². The number of aromatic nitrogens is 1. The van der Waals surface area contributed by atoms with Crippen LogP contribution in [0.4, 0.5) is 0 Å². The Labute approximate surface area is 160 Å². The van der Waals surface area contributed by atoms with Gasteiger partial charge in [-0.25, -0.2) is 0 Å². The molecule has 1 unspecified atom stereocenters. The number of para-hydroxylation sites is 1. The topological polar surface area (TPSA) is 17.4 Å². The molecule has 0 spiro atoms. The minimum Gasteiger partial charge on any atom is -0.497 e. The molecule has 1 aliphatic rings. The first-order chi connectivity index (χ1) is 12.6. The summed E-state index contributed by atoms with van der Waals surface area (Å²) in [6.07, 6.45) is 2.05. The Morgan fingerprint density at radius 3 is 2.65 bits per heavy atom. The standard InChI is InChI=1S/C22H25ClN2O/c1-15-13-21-19(14-24(15)2)18-5-4-6-20(23)22(18)25(21)12-11-16-7-9-17(26-3)10-8-16/h4-10,15H,11-14H2,1-3H3. The molecule has 0 saturated carbocycles. The second-order valence-corrected chi connectivity index (χ2v) is 7.69. The summed E-state index contributed by atoms with van der Waals surface area (Å²) in [5, 5.41) is 2.16. The average Bonchev–Trinajstić information content (AvgIpc) is 2.95. The van der Waals surface area contributed by atoms with E-state index in [4.69, 9.17) is 16.3 Å². The molecule has 26 heavy (non-hydrogen) atoms. The van der Waals surface area contributed by atoms with Crippen LogP contribution in [0.25, 0.3) is 10.9 Å². The van der Waals surface area contributed by atoms with Crippen LogP contribution in [0.5, 0.6) is 5.75 Å². The molecule has 0 aliphatic carbocycles. The van der Waals surface area contributed by atoms with Gasteiger partial charge in [0.2, 0.25) is 0 Å². The van der Waals surface area contributed by atoms with E-state index in [2.05, 4.69) is 47.7 Å². The molecule has 1 aliphatic heterocycles. The third-order valence-electron chi connectivity index (χ3n) is 5.69. The number of ether oxygens (including phenoxy) is 1. The fourth-order valence-corrected chi connectivity index (χ4v) is 4.29. The summed E-state index contributed by atoms with van der Waals surface area (Å²) in [7, 11) is 3.91. The van der Waals surface area contributed by atoms with Crippen molar-refractivity contribution in [3.63, 3.8) is 0 Å². The van der Waals surface area contributed by atoms with E-state index in [9.17, 15) is 0 Å². The van der Waals surface area contributed by atoms with Crippen molar-refractivity contribution in [2.24, 2.45) is 0 Å². The summed E-state index contributed by atoms with van der Waals surface area (Å²) >= 11 is 6.62. The molecule has 4 rings (SSSR count). The lowest BCUT2D eigenvalue weighted by Crippen LogP contribution is -2.35. The molecule has 0 bridgehead atoms. The molecule has 1 atom stereocenters. The summed E-state index contributed by atoms with van der Waals surface area (Å²) in [6, 6.07) is 15.2. The first-order valence-corrected chi connectivity index (χ1v) is 9.58. The molecule has 136 valence electrons. The van der Waals surface area contributed by atoms with Crippen LogP contribution in [0.1, 0.15) is 23.7 Å². The molecular formula is C22H25ClN2O. The van der Waals surface area contributed by atoms with Crippen molar-refractivity contribution >= 4 is 22.5 Å². The maximum atomic E-state index is 6.62. The fourth-order valence-electron chi connectivity index (χ4n) is 4.02. The molecule has 0 fully saturated rings. The zero-order valence-corrected chi connectivity index (χ0v) is 16.4. The quantitative estimate of drug-likeness (QED) is 0.650. The van der Waals surface area contributed by atoms with Crippen molar-refractivity contribution in [3.8, 4) is 5.75 Å². The molecule has 0 amide bonds. The van der Waals surface area contributed by atoms with Gasteiger partial charge in [0.15, 0.2) is 0 Å². The van der Waals surface area contributed by atoms with Crippen LogP contribution in [0.15, 0.2) is 42.5 Å². The van der Waals surface area contributed by atoms with Gasteiger partial charge in [0.25, 0.3) is 0 Å². The van der Waals surface area contributed by atoms with Crippen molar-refractivity contribution in [2.75, 3.05) is 14.2 Å². The van der Waals surface area contributed by atoms with Crippen LogP contribution in [0, 0.1) is 0 Å². The lowest BCUT2D eigenvalue weighted by molar-refractivity contribution is 0.228. The van der Waals surface area contributed by atoms with Gasteiger partial charge in [-0.3, -0.25) is 4.90 Å². The van der Waals surface area contributed by atoms with Gasteiger partial charge in [0.05, 0.1) is 17.6 Å². The minimum atomic E-state index is 0.547. The summed E-state index contributed by atoms with van der Waals surface area (Å²) in [4.78, 5) is 2.43. The largest absolute Gasteiger partial charge is 0.497 e. The molecule has 4 heteroatoms. The molecule has 0 radical (unpaired) electrons. The number of halogens is 1. The van der Waals surface area contributed by atoms with Crippen LogP contribution < -0.4 is 4.74 Å². The smallest absolute Gasteiger partial charge is 0.118 e. The van der Waals surface area contributed by atoms with E-state index >= 15 is 0 Å². The van der Waals surface area contributed by atoms with E-state index in [-0.39, 0.29) is 0 Å². The normalized spacial score (nSPS) is 17.5. The fraction of sp³-hybridized carbons (Fsp3) is 0.364. The van der Waals surface area contributed by atoms with Crippen LogP contribution in [0.3, 0.4) is 0 Å². The summed E-state index contributed by atoms with van der Waals surface area (Å²) in [5.74, 6) is 0.900. The highest BCUT2D eigenvalue weighted by Gasteiger charge is 2.27. The van der Waals surface area contributed by atoms with Crippen molar-refractivity contribution in [1.29, 1.82) is 0 Å². The van der Waals surface area contributed by atoms with Crippen molar-refractivity contribution in [2.45, 2.75) is 38.9 Å². The van der Waals surface area contributed by atoms with Gasteiger partial charge in [0.1, 0.15) is 5.75 Å². The highest BCUT2D eigenvalue weighted by molar-refractivity contribution is 6.35. The molecule has 3 nitrogen and oxygen atoms in total. The lowest BCUT2D eigenvalue weighted by Gasteiger charge is -2.31. The van der Waals surface area contributed by atoms with Gasteiger partial charge >= 0.3 is 0 Å². The third kappa shape index (κ3) is 3.00. The molecular weight excluding hydrogens is 344 g/mol. The van der Waals surface area contributed by atoms with E-state index in [1.165, 1.54) is 27.7 Å². The number of methoxy groups -OCH3 is 1. The third-order valence-corrected chi connectivity index (χ3v) is 5.99. The van der Waals surface area contributed by atoms with Gasteiger partial charge in [0, 0.05) is 36.6 Å². The number of hydrogen-bond acceptors (Lipinski definition) is 2. The number of hydrogen-bond donors (Lipinski definition) is 0. The molecule has 0 saturated heterocycles. The highest BCUT2D eigenvalue weighted by Crippen LogP contribution is 2.36. The predicted molar refractivity (Wildman–Crippen MR) is 108 cm³/mol. The number of nitrogens with zero attached hydrogens (tertiary/aromatic N) is 2. The zero-order chi connectivity index (χ0) is 18.3. The van der Waals surface area contributed by atoms with E-state index in [0.717, 1.165) is 36.7 Å². The van der Waals surface area contributed by atoms with Crippen LogP contribution in [-0.2, 0) is 25.9 Å². The monoisotopic (exact) mass is 368 g/mol. The Morgan fingerprint density at radius 2 is 1.92 bits per heavy atom. The molecule has 1 aromatic heterocycles. The first kappa shape index (κ1) is 17.4. The SMILES string of the molecule is COc1ccc(CCn2c3c(c4cccc(Cl)c42)CN(C)C(C)C3)cc1. The number of benzene rings is 2. The van der Waals surface area contributed by atoms with Crippen molar-refractivity contribution < 1.29 is 4.74 Å². The maximum absolute atomic E-state index is 6.62. The van der Waals surface area contributed by atoms with Crippen molar-refractivity contribution in [3.05, 3.63) is 64.3 Å². The summed E-state index contributed by atoms with van der Waals surface area (Å²) in [6.45, 7) is 4.23. The first-order valence-electron chi connectivity index (χ1n) is 9.20. The molecule has 3 aromatic rings. The Hall–Kier alpha value is -1.97. The van der Waals surface area contributed by atoms with E-state index in [1.807, 2.05) is 18.2 Å². The number of fused-ring (bicyclic) bond motifs is 3. The van der Waals surface area contributed by atoms with Gasteiger partial charge in [-0.1, -0.05) is 35.9 Å². The van der Waals surface area contributed by atoms with Crippen LogP contribution in [-0.4, -0.2) is 29.7 Å². The Bertz CT molecular complexity index is 929. The number of aryl methyl sites for hydroxylation is 2.